The van der Waals surface area contributed by atoms with Gasteiger partial charge in [0, 0.05) is 17.5 Å². The number of carboxylic acids is 1. The highest BCUT2D eigenvalue weighted by atomic mass is 16.5. The van der Waals surface area contributed by atoms with Crippen molar-refractivity contribution in [3.63, 3.8) is 0 Å². The third kappa shape index (κ3) is 4.87. The van der Waals surface area contributed by atoms with Crippen LogP contribution in [0.25, 0.3) is 0 Å². The Kier molecular flexibility index (Phi) is 6.53. The average Bonchev–Trinajstić information content (AvgIpc) is 3.23. The van der Waals surface area contributed by atoms with Crippen molar-refractivity contribution < 1.29 is 19.4 Å². The second kappa shape index (κ2) is 9.02. The summed E-state index contributed by atoms with van der Waals surface area (Å²) < 4.78 is 6.05. The van der Waals surface area contributed by atoms with Crippen LogP contribution in [0.5, 0.6) is 5.75 Å². The number of aryl methyl sites for hydroxylation is 3. The van der Waals surface area contributed by atoms with E-state index in [2.05, 4.69) is 10.3 Å². The van der Waals surface area contributed by atoms with Gasteiger partial charge in [-0.3, -0.25) is 9.79 Å². The van der Waals surface area contributed by atoms with Crippen LogP contribution in [0.1, 0.15) is 47.8 Å². The topological polar surface area (TPSA) is 112 Å². The van der Waals surface area contributed by atoms with Crippen LogP contribution in [0.15, 0.2) is 53.5 Å². The van der Waals surface area contributed by atoms with Gasteiger partial charge in [-0.2, -0.15) is 0 Å². The van der Waals surface area contributed by atoms with Crippen molar-refractivity contribution in [2.45, 2.75) is 52.2 Å². The first-order valence-corrected chi connectivity index (χ1v) is 10.8. The third-order valence-electron chi connectivity index (χ3n) is 5.57. The van der Waals surface area contributed by atoms with E-state index in [0.29, 0.717) is 17.7 Å². The Hall–Kier alpha value is -3.74. The molecule has 3 N–H and O–H groups in total. The van der Waals surface area contributed by atoms with E-state index in [9.17, 15) is 14.7 Å². The summed E-state index contributed by atoms with van der Waals surface area (Å²) in [5.41, 5.74) is 0.956. The number of aliphatic imine (C=N–C) groups is 1. The molecule has 3 rings (SSSR count). The van der Waals surface area contributed by atoms with Gasteiger partial charge in [0.2, 0.25) is 5.54 Å². The molecule has 0 saturated carbocycles. The van der Waals surface area contributed by atoms with Gasteiger partial charge in [0.05, 0.1) is 5.71 Å². The highest BCUT2D eigenvalue weighted by Crippen LogP contribution is 2.30. The minimum atomic E-state index is -1.77. The van der Waals surface area contributed by atoms with E-state index in [-0.39, 0.29) is 11.6 Å². The van der Waals surface area contributed by atoms with E-state index in [0.717, 1.165) is 22.4 Å². The summed E-state index contributed by atoms with van der Waals surface area (Å²) in [6, 6.07) is 11.0. The molecule has 0 radical (unpaired) electrons. The number of benzene rings is 2. The number of anilines is 1. The van der Waals surface area contributed by atoms with Gasteiger partial charge in [0.25, 0.3) is 5.91 Å². The molecule has 2 aromatic rings. The van der Waals surface area contributed by atoms with E-state index in [1.54, 1.807) is 32.0 Å². The van der Waals surface area contributed by atoms with E-state index in [1.165, 1.54) is 18.4 Å². The highest BCUT2D eigenvalue weighted by molar-refractivity contribution is 6.17. The fraction of sp³-hybridized carbons (Fsp3) is 0.308. The van der Waals surface area contributed by atoms with Crippen LogP contribution >= 0.6 is 0 Å². The second-order valence-electron chi connectivity index (χ2n) is 8.70. The predicted molar refractivity (Wildman–Crippen MR) is 130 cm³/mol. The lowest BCUT2D eigenvalue weighted by Crippen LogP contribution is -2.54. The number of allylic oxidation sites excluding steroid dienone is 1. The van der Waals surface area contributed by atoms with Crippen molar-refractivity contribution in [3.05, 3.63) is 70.8 Å². The maximum absolute atomic E-state index is 12.9. The van der Waals surface area contributed by atoms with E-state index in [4.69, 9.17) is 10.1 Å². The molecule has 1 amide bonds. The molecule has 7 heteroatoms. The zero-order valence-corrected chi connectivity index (χ0v) is 19.5. The first-order valence-electron chi connectivity index (χ1n) is 10.8. The number of aliphatic carboxylic acids is 1. The largest absolute Gasteiger partial charge is 0.482 e. The Morgan fingerprint density at radius 3 is 2.36 bits per heavy atom. The number of rotatable bonds is 8. The summed E-state index contributed by atoms with van der Waals surface area (Å²) in [5, 5.41) is 21.2. The van der Waals surface area contributed by atoms with Crippen LogP contribution in [0, 0.1) is 19.3 Å². The third-order valence-corrected chi connectivity index (χ3v) is 5.57. The van der Waals surface area contributed by atoms with Crippen molar-refractivity contribution in [2.24, 2.45) is 4.99 Å². The number of hydrogen-bond acceptors (Lipinski definition) is 5. The molecule has 1 aliphatic rings. The van der Waals surface area contributed by atoms with Crippen molar-refractivity contribution in [2.75, 3.05) is 5.32 Å². The summed E-state index contributed by atoms with van der Waals surface area (Å²) in [5.74, 6) is -1.01. The molecule has 172 valence electrons. The summed E-state index contributed by atoms with van der Waals surface area (Å²) >= 11 is 0. The summed E-state index contributed by atoms with van der Waals surface area (Å²) in [6.45, 7) is 9.17. The summed E-state index contributed by atoms with van der Waals surface area (Å²) in [4.78, 5) is 28.8. The molecular weight excluding hydrogens is 418 g/mol. The molecular formula is C26H29N3O4. The predicted octanol–water partition coefficient (Wildman–Crippen LogP) is 4.76. The molecule has 0 aliphatic carbocycles. The molecule has 33 heavy (non-hydrogen) atoms. The molecule has 1 unspecified atom stereocenters. The standard InChI is InChI=1S/C26H29N3O4/c1-6-18-15-20(33-25(4,5)23(27)26(24(31)32)10-7-11-28-26)8-9-21(18)22(30)29-19-13-16(2)12-17(3)14-19/h7-15,27H,6H2,1-5H3,(H,29,30)(H,31,32). The number of ether oxygens (including phenoxy) is 1. The summed E-state index contributed by atoms with van der Waals surface area (Å²) in [7, 11) is 0. The smallest absolute Gasteiger partial charge is 0.341 e. The molecule has 1 atom stereocenters. The maximum atomic E-state index is 12.9. The molecule has 2 aromatic carbocycles. The van der Waals surface area contributed by atoms with Gasteiger partial charge in [0.15, 0.2) is 0 Å². The van der Waals surface area contributed by atoms with Gasteiger partial charge in [-0.15, -0.1) is 0 Å². The normalized spacial score (nSPS) is 17.1. The molecule has 7 nitrogen and oxygen atoms in total. The monoisotopic (exact) mass is 447 g/mol. The van der Waals surface area contributed by atoms with Crippen molar-refractivity contribution in [1.29, 1.82) is 5.41 Å². The lowest BCUT2D eigenvalue weighted by molar-refractivity contribution is -0.139. The average molecular weight is 448 g/mol. The van der Waals surface area contributed by atoms with Gasteiger partial charge < -0.3 is 20.6 Å². The number of carbonyl (C=O) groups is 2. The Morgan fingerprint density at radius 1 is 1.15 bits per heavy atom. The van der Waals surface area contributed by atoms with Crippen LogP contribution in [0.3, 0.4) is 0 Å². The summed E-state index contributed by atoms with van der Waals surface area (Å²) in [6.07, 6.45) is 4.85. The van der Waals surface area contributed by atoms with Gasteiger partial charge in [-0.25, -0.2) is 4.79 Å². The lowest BCUT2D eigenvalue weighted by Gasteiger charge is -2.33. The van der Waals surface area contributed by atoms with Gasteiger partial charge in [-0.05, 0) is 93.3 Å². The Bertz CT molecular complexity index is 1150. The number of carbonyl (C=O) groups excluding carboxylic acids is 1. The minimum absolute atomic E-state index is 0.192. The molecule has 0 spiro atoms. The Labute approximate surface area is 193 Å². The number of nitrogens with one attached hydrogen (secondary N) is 2. The van der Waals surface area contributed by atoms with Gasteiger partial charge >= 0.3 is 5.97 Å². The van der Waals surface area contributed by atoms with Crippen molar-refractivity contribution in [1.82, 2.24) is 0 Å². The zero-order chi connectivity index (χ0) is 24.4. The molecule has 0 fully saturated rings. The number of hydrogen-bond donors (Lipinski definition) is 3. The molecule has 1 heterocycles. The van der Waals surface area contributed by atoms with Crippen LogP contribution in [0.2, 0.25) is 0 Å². The maximum Gasteiger partial charge on any atom is 0.341 e. The Morgan fingerprint density at radius 2 is 1.82 bits per heavy atom. The fourth-order valence-electron chi connectivity index (χ4n) is 3.96. The fourth-order valence-corrected chi connectivity index (χ4v) is 3.96. The number of amides is 1. The van der Waals surface area contributed by atoms with E-state index < -0.39 is 17.1 Å². The number of nitrogens with zero attached hydrogens (tertiary/aromatic N) is 1. The van der Waals surface area contributed by atoms with Crippen molar-refractivity contribution in [3.8, 4) is 5.75 Å². The molecule has 0 aromatic heterocycles. The first kappa shape index (κ1) is 23.9. The lowest BCUT2D eigenvalue weighted by atomic mass is 9.84. The minimum Gasteiger partial charge on any atom is -0.482 e. The van der Waals surface area contributed by atoms with Crippen molar-refractivity contribution >= 4 is 29.5 Å². The van der Waals surface area contributed by atoms with Crippen LogP contribution < -0.4 is 10.1 Å². The van der Waals surface area contributed by atoms with Crippen LogP contribution in [-0.2, 0) is 11.2 Å². The van der Waals surface area contributed by atoms with Crippen LogP contribution in [0.4, 0.5) is 5.69 Å². The Balaban J connectivity index is 1.83. The van der Waals surface area contributed by atoms with Gasteiger partial charge in [-0.1, -0.05) is 13.0 Å². The zero-order valence-electron chi connectivity index (χ0n) is 19.5. The van der Waals surface area contributed by atoms with Gasteiger partial charge in [0.1, 0.15) is 11.4 Å². The molecule has 0 saturated heterocycles. The van der Waals surface area contributed by atoms with E-state index in [1.807, 2.05) is 39.0 Å². The van der Waals surface area contributed by atoms with E-state index >= 15 is 0 Å². The SMILES string of the molecule is CCc1cc(OC(C)(C)C(=N)C2(C(=O)O)C=CC=N2)ccc1C(=O)Nc1cc(C)cc(C)c1. The van der Waals surface area contributed by atoms with Crippen LogP contribution in [-0.4, -0.2) is 40.0 Å². The highest BCUT2D eigenvalue weighted by Gasteiger charge is 2.49. The molecule has 1 aliphatic heterocycles. The molecule has 0 bridgehead atoms. The first-order chi connectivity index (χ1) is 15.5. The number of carboxylic acid groups (broad SMARTS) is 1. The second-order valence-corrected chi connectivity index (χ2v) is 8.70. The quantitative estimate of drug-likeness (QED) is 0.507.